The van der Waals surface area contributed by atoms with Gasteiger partial charge in [0, 0.05) is 18.6 Å². The molecule has 0 spiro atoms. The molecule has 1 saturated heterocycles. The molecule has 8 heteroatoms. The fourth-order valence-electron chi connectivity index (χ4n) is 2.26. The summed E-state index contributed by atoms with van der Waals surface area (Å²) >= 11 is 0. The van der Waals surface area contributed by atoms with Gasteiger partial charge in [-0.1, -0.05) is 26.2 Å². The second-order valence-corrected chi connectivity index (χ2v) is 6.39. The number of nitrogens with one attached hydrogen (secondary N) is 1. The Kier molecular flexibility index (Phi) is 11.0. The molecular formula is C16H30N2O6. The lowest BCUT2D eigenvalue weighted by Gasteiger charge is -2.30. The Balaban J connectivity index is 0.000000754. The highest BCUT2D eigenvalue weighted by Gasteiger charge is 2.21. The van der Waals surface area contributed by atoms with Crippen molar-refractivity contribution in [3.05, 3.63) is 0 Å². The number of carbonyl (C=O) groups is 3. The van der Waals surface area contributed by atoms with Gasteiger partial charge in [0.05, 0.1) is 19.8 Å². The Morgan fingerprint density at radius 3 is 2.08 bits per heavy atom. The molecule has 0 bridgehead atoms. The van der Waals surface area contributed by atoms with Crippen LogP contribution in [0.2, 0.25) is 0 Å². The quantitative estimate of drug-likeness (QED) is 0.464. The molecule has 1 fully saturated rings. The average Bonchev–Trinajstić information content (AvgIpc) is 2.48. The number of ether oxygens (including phenoxy) is 1. The zero-order chi connectivity index (χ0) is 18.6. The van der Waals surface area contributed by atoms with Crippen molar-refractivity contribution in [3.8, 4) is 0 Å². The zero-order valence-corrected chi connectivity index (χ0v) is 14.8. The molecule has 1 aliphatic heterocycles. The first-order valence-corrected chi connectivity index (χ1v) is 8.25. The van der Waals surface area contributed by atoms with Gasteiger partial charge >= 0.3 is 11.9 Å². The monoisotopic (exact) mass is 346 g/mol. The topological polar surface area (TPSA) is 116 Å². The maximum atomic E-state index is 12.0. The normalized spacial score (nSPS) is 15.1. The molecule has 0 aromatic rings. The third kappa shape index (κ3) is 11.8. The van der Waals surface area contributed by atoms with Crippen molar-refractivity contribution in [2.45, 2.75) is 52.0 Å². The van der Waals surface area contributed by atoms with Crippen LogP contribution in [-0.4, -0.2) is 71.3 Å². The minimum atomic E-state index is -1.82. The maximum absolute atomic E-state index is 12.0. The van der Waals surface area contributed by atoms with Crippen LogP contribution in [0.3, 0.4) is 0 Å². The van der Waals surface area contributed by atoms with E-state index in [4.69, 9.17) is 24.5 Å². The van der Waals surface area contributed by atoms with Gasteiger partial charge in [0.1, 0.15) is 0 Å². The Labute approximate surface area is 143 Å². The van der Waals surface area contributed by atoms with E-state index in [-0.39, 0.29) is 11.4 Å². The number of carbonyl (C=O) groups excluding carboxylic acids is 1. The van der Waals surface area contributed by atoms with Gasteiger partial charge in [0.25, 0.3) is 0 Å². The van der Waals surface area contributed by atoms with Crippen molar-refractivity contribution in [2.24, 2.45) is 0 Å². The molecule has 1 rings (SSSR count). The van der Waals surface area contributed by atoms with Crippen molar-refractivity contribution in [2.75, 3.05) is 32.8 Å². The SMILES string of the molecule is CCCCCC(C)(C)NC(=O)CN1CCOCC1.O=C(O)C(=O)O. The molecule has 0 aromatic carbocycles. The lowest BCUT2D eigenvalue weighted by atomic mass is 9.96. The van der Waals surface area contributed by atoms with Crippen LogP contribution in [0.1, 0.15) is 46.5 Å². The number of carboxylic acid groups (broad SMARTS) is 2. The number of nitrogens with zero attached hydrogens (tertiary/aromatic N) is 1. The molecule has 0 unspecified atom stereocenters. The smallest absolute Gasteiger partial charge is 0.414 e. The molecule has 1 heterocycles. The summed E-state index contributed by atoms with van der Waals surface area (Å²) in [5, 5.41) is 17.9. The zero-order valence-electron chi connectivity index (χ0n) is 14.8. The van der Waals surface area contributed by atoms with Gasteiger partial charge < -0.3 is 20.3 Å². The number of unbranched alkanes of at least 4 members (excludes halogenated alkanes) is 2. The van der Waals surface area contributed by atoms with Crippen LogP contribution in [0, 0.1) is 0 Å². The lowest BCUT2D eigenvalue weighted by Crippen LogP contribution is -2.49. The molecule has 140 valence electrons. The van der Waals surface area contributed by atoms with Crippen LogP contribution in [0.4, 0.5) is 0 Å². The molecule has 0 aromatic heterocycles. The van der Waals surface area contributed by atoms with E-state index in [1.54, 1.807) is 0 Å². The largest absolute Gasteiger partial charge is 0.473 e. The van der Waals surface area contributed by atoms with Crippen molar-refractivity contribution in [1.82, 2.24) is 10.2 Å². The van der Waals surface area contributed by atoms with Crippen LogP contribution in [-0.2, 0) is 19.1 Å². The van der Waals surface area contributed by atoms with E-state index in [0.717, 1.165) is 32.7 Å². The fourth-order valence-corrected chi connectivity index (χ4v) is 2.26. The molecule has 24 heavy (non-hydrogen) atoms. The Bertz CT molecular complexity index is 393. The van der Waals surface area contributed by atoms with E-state index < -0.39 is 11.9 Å². The van der Waals surface area contributed by atoms with Crippen LogP contribution in [0.5, 0.6) is 0 Å². The molecule has 1 aliphatic rings. The summed E-state index contributed by atoms with van der Waals surface area (Å²) in [5.74, 6) is -3.51. The van der Waals surface area contributed by atoms with Gasteiger partial charge in [-0.15, -0.1) is 0 Å². The molecule has 3 N–H and O–H groups in total. The van der Waals surface area contributed by atoms with E-state index in [1.807, 2.05) is 0 Å². The van der Waals surface area contributed by atoms with Crippen molar-refractivity contribution in [1.29, 1.82) is 0 Å². The molecule has 0 atom stereocenters. The maximum Gasteiger partial charge on any atom is 0.414 e. The van der Waals surface area contributed by atoms with E-state index in [1.165, 1.54) is 19.3 Å². The van der Waals surface area contributed by atoms with Crippen molar-refractivity contribution in [3.63, 3.8) is 0 Å². The predicted octanol–water partition coefficient (Wildman–Crippen LogP) is 0.949. The van der Waals surface area contributed by atoms with Gasteiger partial charge in [-0.2, -0.15) is 0 Å². The fraction of sp³-hybridized carbons (Fsp3) is 0.812. The van der Waals surface area contributed by atoms with Crippen molar-refractivity contribution >= 4 is 17.8 Å². The van der Waals surface area contributed by atoms with E-state index >= 15 is 0 Å². The Morgan fingerprint density at radius 1 is 1.08 bits per heavy atom. The second kappa shape index (κ2) is 11.8. The molecule has 1 amide bonds. The average molecular weight is 346 g/mol. The summed E-state index contributed by atoms with van der Waals surface area (Å²) in [6, 6.07) is 0. The number of hydrogen-bond donors (Lipinski definition) is 3. The summed E-state index contributed by atoms with van der Waals surface area (Å²) in [7, 11) is 0. The van der Waals surface area contributed by atoms with Gasteiger partial charge in [-0.3, -0.25) is 9.69 Å². The third-order valence-corrected chi connectivity index (χ3v) is 3.54. The third-order valence-electron chi connectivity index (χ3n) is 3.54. The first-order chi connectivity index (χ1) is 11.2. The van der Waals surface area contributed by atoms with E-state index in [2.05, 4.69) is 31.0 Å². The Hall–Kier alpha value is -1.67. The number of amides is 1. The van der Waals surface area contributed by atoms with Gasteiger partial charge in [0.2, 0.25) is 5.91 Å². The predicted molar refractivity (Wildman–Crippen MR) is 88.9 cm³/mol. The van der Waals surface area contributed by atoms with Gasteiger partial charge in [-0.25, -0.2) is 9.59 Å². The van der Waals surface area contributed by atoms with Crippen molar-refractivity contribution < 1.29 is 29.3 Å². The number of hydrogen-bond acceptors (Lipinski definition) is 5. The highest BCUT2D eigenvalue weighted by molar-refractivity contribution is 6.27. The summed E-state index contributed by atoms with van der Waals surface area (Å²) in [5.41, 5.74) is -0.0848. The summed E-state index contributed by atoms with van der Waals surface area (Å²) in [6.45, 7) is 10.1. The molecule has 0 aliphatic carbocycles. The number of morpholine rings is 1. The highest BCUT2D eigenvalue weighted by atomic mass is 16.5. The lowest BCUT2D eigenvalue weighted by molar-refractivity contribution is -0.159. The number of carboxylic acids is 2. The molecule has 0 saturated carbocycles. The second-order valence-electron chi connectivity index (χ2n) is 6.39. The van der Waals surface area contributed by atoms with Gasteiger partial charge in [0.15, 0.2) is 0 Å². The molecule has 8 nitrogen and oxygen atoms in total. The summed E-state index contributed by atoms with van der Waals surface area (Å²) in [6.07, 6.45) is 4.69. The van der Waals surface area contributed by atoms with E-state index in [0.29, 0.717) is 6.54 Å². The first-order valence-electron chi connectivity index (χ1n) is 8.25. The van der Waals surface area contributed by atoms with Crippen LogP contribution in [0.15, 0.2) is 0 Å². The minimum Gasteiger partial charge on any atom is -0.473 e. The molecule has 0 radical (unpaired) electrons. The van der Waals surface area contributed by atoms with Crippen LogP contribution in [0.25, 0.3) is 0 Å². The summed E-state index contributed by atoms with van der Waals surface area (Å²) in [4.78, 5) is 32.3. The van der Waals surface area contributed by atoms with Crippen LogP contribution >= 0.6 is 0 Å². The number of rotatable bonds is 7. The standard InChI is InChI=1S/C14H28N2O2.C2H2O4/c1-4-5-6-7-14(2,3)15-13(17)12-16-8-10-18-11-9-16;3-1(4)2(5)6/h4-12H2,1-3H3,(H,15,17);(H,3,4)(H,5,6). The highest BCUT2D eigenvalue weighted by Crippen LogP contribution is 2.13. The number of aliphatic carboxylic acids is 2. The Morgan fingerprint density at radius 2 is 1.62 bits per heavy atom. The molecular weight excluding hydrogens is 316 g/mol. The van der Waals surface area contributed by atoms with Crippen LogP contribution < -0.4 is 5.32 Å². The van der Waals surface area contributed by atoms with E-state index in [9.17, 15) is 4.79 Å². The summed E-state index contributed by atoms with van der Waals surface area (Å²) < 4.78 is 5.27. The first kappa shape index (κ1) is 22.3. The van der Waals surface area contributed by atoms with Gasteiger partial charge in [-0.05, 0) is 20.3 Å². The minimum absolute atomic E-state index is 0.0848.